The van der Waals surface area contributed by atoms with Gasteiger partial charge in [0.25, 0.3) is 0 Å². The predicted octanol–water partition coefficient (Wildman–Crippen LogP) is 0.917. The van der Waals surface area contributed by atoms with E-state index in [2.05, 4.69) is 0 Å². The van der Waals surface area contributed by atoms with Gasteiger partial charge < -0.3 is 14.8 Å². The fourth-order valence-corrected chi connectivity index (χ4v) is 1.84. The van der Waals surface area contributed by atoms with E-state index in [1.54, 1.807) is 0 Å². The summed E-state index contributed by atoms with van der Waals surface area (Å²) in [6.07, 6.45) is 0. The molecule has 0 bridgehead atoms. The lowest BCUT2D eigenvalue weighted by atomic mass is 9.79. The number of halogens is 2. The highest BCUT2D eigenvalue weighted by molar-refractivity contribution is 6.66. The van der Waals surface area contributed by atoms with Crippen LogP contribution < -0.4 is 5.46 Å². The smallest absolute Gasteiger partial charge is 0.493 e. The molecule has 2 rings (SSSR count). The summed E-state index contributed by atoms with van der Waals surface area (Å²) >= 11 is 11.6. The van der Waals surface area contributed by atoms with E-state index in [4.69, 9.17) is 27.9 Å². The van der Waals surface area contributed by atoms with E-state index < -0.39 is 7.12 Å². The predicted molar refractivity (Wildman–Crippen MR) is 50.5 cm³/mol. The molecule has 1 heterocycles. The van der Waals surface area contributed by atoms with Crippen molar-refractivity contribution < 1.29 is 14.8 Å². The summed E-state index contributed by atoms with van der Waals surface area (Å²) in [6.45, 7) is 0.218. The third-order valence-corrected chi connectivity index (χ3v) is 2.71. The van der Waals surface area contributed by atoms with Gasteiger partial charge in [0, 0.05) is 16.6 Å². The number of phenols is 1. The number of fused-ring (bicyclic) bond motifs is 1. The van der Waals surface area contributed by atoms with Crippen molar-refractivity contribution in [2.24, 2.45) is 0 Å². The van der Waals surface area contributed by atoms with Gasteiger partial charge in [-0.1, -0.05) is 23.2 Å². The maximum atomic E-state index is 9.33. The normalized spacial score (nSPS) is 14.8. The Morgan fingerprint density at radius 3 is 2.85 bits per heavy atom. The lowest BCUT2D eigenvalue weighted by molar-refractivity contribution is 0.275. The Bertz CT molecular complexity index is 369. The molecule has 0 saturated carbocycles. The molecule has 68 valence electrons. The highest BCUT2D eigenvalue weighted by Gasteiger charge is 2.33. The number of aromatic hydroxyl groups is 1. The van der Waals surface area contributed by atoms with Gasteiger partial charge in [-0.15, -0.1) is 0 Å². The molecule has 0 unspecified atom stereocenters. The Morgan fingerprint density at radius 2 is 2.15 bits per heavy atom. The lowest BCUT2D eigenvalue weighted by Crippen LogP contribution is -2.29. The first-order chi connectivity index (χ1) is 6.11. The van der Waals surface area contributed by atoms with Crippen LogP contribution in [0.1, 0.15) is 5.56 Å². The van der Waals surface area contributed by atoms with E-state index in [1.807, 2.05) is 0 Å². The van der Waals surface area contributed by atoms with Crippen LogP contribution in [0.3, 0.4) is 0 Å². The fraction of sp³-hybridized carbons (Fsp3) is 0.143. The molecule has 0 radical (unpaired) electrons. The van der Waals surface area contributed by atoms with Gasteiger partial charge in [0.2, 0.25) is 0 Å². The van der Waals surface area contributed by atoms with Crippen LogP contribution in [0.2, 0.25) is 10.0 Å². The minimum absolute atomic E-state index is 0.101. The van der Waals surface area contributed by atoms with Gasteiger partial charge in [0.15, 0.2) is 0 Å². The molecule has 0 amide bonds. The molecule has 1 aliphatic heterocycles. The molecule has 0 aliphatic carbocycles. The second-order valence-electron chi connectivity index (χ2n) is 2.75. The third-order valence-electron chi connectivity index (χ3n) is 1.97. The van der Waals surface area contributed by atoms with Gasteiger partial charge in [-0.3, -0.25) is 0 Å². The van der Waals surface area contributed by atoms with Crippen LogP contribution in [0.5, 0.6) is 5.75 Å². The Labute approximate surface area is 85.0 Å². The van der Waals surface area contributed by atoms with Gasteiger partial charge in [-0.25, -0.2) is 0 Å². The van der Waals surface area contributed by atoms with Crippen molar-refractivity contribution >= 4 is 35.8 Å². The quantitative estimate of drug-likeness (QED) is 0.637. The summed E-state index contributed by atoms with van der Waals surface area (Å²) in [5.74, 6) is -0.144. The summed E-state index contributed by atoms with van der Waals surface area (Å²) in [4.78, 5) is 0. The van der Waals surface area contributed by atoms with Crippen LogP contribution >= 0.6 is 23.2 Å². The Kier molecular flexibility index (Phi) is 2.16. The lowest BCUT2D eigenvalue weighted by Gasteiger charge is -2.05. The number of hydrogen-bond acceptors (Lipinski definition) is 3. The standard InChI is InChI=1S/C7H5BCl2O3/c9-4-1-5(11)7(10)6-3(4)2-13-8(6)12/h1,11-12H,2H2. The van der Waals surface area contributed by atoms with Gasteiger partial charge in [-0.05, 0) is 5.56 Å². The molecule has 3 nitrogen and oxygen atoms in total. The highest BCUT2D eigenvalue weighted by Crippen LogP contribution is 2.31. The molecule has 2 N–H and O–H groups in total. The molecule has 0 aromatic heterocycles. The maximum absolute atomic E-state index is 9.33. The third kappa shape index (κ3) is 1.30. The first kappa shape index (κ1) is 9.15. The molecule has 0 saturated heterocycles. The SMILES string of the molecule is OB1OCc2c(Cl)cc(O)c(Cl)c21. The molecule has 6 heteroatoms. The summed E-state index contributed by atoms with van der Waals surface area (Å²) < 4.78 is 4.92. The van der Waals surface area contributed by atoms with E-state index in [-0.39, 0.29) is 17.4 Å². The van der Waals surface area contributed by atoms with Crippen molar-refractivity contribution in [3.63, 3.8) is 0 Å². The van der Waals surface area contributed by atoms with E-state index in [9.17, 15) is 10.1 Å². The van der Waals surface area contributed by atoms with Gasteiger partial charge in [0.1, 0.15) is 5.75 Å². The fourth-order valence-electron chi connectivity index (χ4n) is 1.32. The monoisotopic (exact) mass is 218 g/mol. The largest absolute Gasteiger partial charge is 0.506 e. The van der Waals surface area contributed by atoms with Gasteiger partial charge in [0.05, 0.1) is 11.6 Å². The molecule has 0 spiro atoms. The minimum atomic E-state index is -1.09. The van der Waals surface area contributed by atoms with Crippen LogP contribution in [-0.2, 0) is 11.3 Å². The van der Waals surface area contributed by atoms with Crippen LogP contribution in [0.4, 0.5) is 0 Å². The zero-order chi connectivity index (χ0) is 9.59. The second kappa shape index (κ2) is 3.06. The summed E-state index contributed by atoms with van der Waals surface area (Å²) in [5.41, 5.74) is 1.00. The molecule has 0 atom stereocenters. The van der Waals surface area contributed by atoms with Crippen LogP contribution in [0.15, 0.2) is 6.07 Å². The maximum Gasteiger partial charge on any atom is 0.493 e. The number of benzene rings is 1. The number of rotatable bonds is 0. The first-order valence-corrected chi connectivity index (χ1v) is 4.36. The van der Waals surface area contributed by atoms with E-state index in [1.165, 1.54) is 6.07 Å². The summed E-state index contributed by atoms with van der Waals surface area (Å²) in [7, 11) is -1.09. The van der Waals surface area contributed by atoms with Crippen molar-refractivity contribution in [1.29, 1.82) is 0 Å². The minimum Gasteiger partial charge on any atom is -0.506 e. The summed E-state index contributed by atoms with van der Waals surface area (Å²) in [6, 6.07) is 1.34. The number of hydrogen-bond donors (Lipinski definition) is 2. The number of phenolic OH excluding ortho intramolecular Hbond substituents is 1. The molecule has 13 heavy (non-hydrogen) atoms. The van der Waals surface area contributed by atoms with Crippen molar-refractivity contribution in [3.8, 4) is 5.75 Å². The van der Waals surface area contributed by atoms with Gasteiger partial charge >= 0.3 is 7.12 Å². The van der Waals surface area contributed by atoms with Crippen molar-refractivity contribution in [2.75, 3.05) is 0 Å². The van der Waals surface area contributed by atoms with E-state index in [0.717, 1.165) is 0 Å². The van der Waals surface area contributed by atoms with Crippen LogP contribution in [0.25, 0.3) is 0 Å². The second-order valence-corrected chi connectivity index (χ2v) is 3.53. The molecular formula is C7H5BCl2O3. The van der Waals surface area contributed by atoms with E-state index >= 15 is 0 Å². The average molecular weight is 219 g/mol. The van der Waals surface area contributed by atoms with Crippen molar-refractivity contribution in [1.82, 2.24) is 0 Å². The Morgan fingerprint density at radius 1 is 1.46 bits per heavy atom. The topological polar surface area (TPSA) is 49.7 Å². The Hall–Kier alpha value is -0.415. The van der Waals surface area contributed by atoms with E-state index in [0.29, 0.717) is 16.0 Å². The average Bonchev–Trinajstić information content (AvgIpc) is 2.44. The highest BCUT2D eigenvalue weighted by atomic mass is 35.5. The van der Waals surface area contributed by atoms with Gasteiger partial charge in [-0.2, -0.15) is 0 Å². The van der Waals surface area contributed by atoms with Crippen LogP contribution in [0, 0.1) is 0 Å². The molecule has 1 aliphatic rings. The molecular weight excluding hydrogens is 214 g/mol. The van der Waals surface area contributed by atoms with Crippen LogP contribution in [-0.4, -0.2) is 17.2 Å². The summed E-state index contributed by atoms with van der Waals surface area (Å²) in [5, 5.41) is 19.1. The zero-order valence-electron chi connectivity index (χ0n) is 6.42. The molecule has 0 fully saturated rings. The van der Waals surface area contributed by atoms with Crippen molar-refractivity contribution in [3.05, 3.63) is 21.7 Å². The molecule has 1 aromatic carbocycles. The van der Waals surface area contributed by atoms with Crippen molar-refractivity contribution in [2.45, 2.75) is 6.61 Å². The Balaban J connectivity index is 2.70. The zero-order valence-corrected chi connectivity index (χ0v) is 7.93. The first-order valence-electron chi connectivity index (χ1n) is 3.60. The molecule has 1 aromatic rings.